The van der Waals surface area contributed by atoms with Crippen LogP contribution in [0, 0.1) is 12.8 Å². The Bertz CT molecular complexity index is 507. The van der Waals surface area contributed by atoms with Crippen molar-refractivity contribution in [2.75, 3.05) is 5.32 Å². The minimum atomic E-state index is 0.0482. The number of carbonyl (C=O) groups is 1. The number of fused-ring (bicyclic) bond motifs is 1. The summed E-state index contributed by atoms with van der Waals surface area (Å²) < 4.78 is 0. The van der Waals surface area contributed by atoms with Gasteiger partial charge in [0.2, 0.25) is 0 Å². The van der Waals surface area contributed by atoms with Gasteiger partial charge in [0, 0.05) is 5.92 Å². The highest BCUT2D eigenvalue weighted by molar-refractivity contribution is 6.02. The maximum absolute atomic E-state index is 12.1. The molecule has 1 aromatic carbocycles. The molecule has 1 aliphatic carbocycles. The number of hydrogen-bond donors (Lipinski definition) is 2. The van der Waals surface area contributed by atoms with Crippen molar-refractivity contribution < 1.29 is 4.79 Å². The second-order valence-corrected chi connectivity index (χ2v) is 5.14. The van der Waals surface area contributed by atoms with E-state index in [0.29, 0.717) is 5.92 Å². The molecule has 3 heteroatoms. The number of aryl methyl sites for hydroxylation is 1. The van der Waals surface area contributed by atoms with Crippen LogP contribution in [0.4, 0.5) is 5.69 Å². The van der Waals surface area contributed by atoms with Crippen molar-refractivity contribution in [3.63, 3.8) is 0 Å². The molecule has 2 aliphatic rings. The van der Waals surface area contributed by atoms with Crippen LogP contribution < -0.4 is 10.6 Å². The van der Waals surface area contributed by atoms with E-state index in [1.54, 1.807) is 0 Å². The number of amides is 1. The molecule has 1 aliphatic heterocycles. The third kappa shape index (κ3) is 1.90. The second-order valence-electron chi connectivity index (χ2n) is 5.14. The molecule has 18 heavy (non-hydrogen) atoms. The van der Waals surface area contributed by atoms with Crippen LogP contribution in [0.5, 0.6) is 0 Å². The Balaban J connectivity index is 1.88. The molecule has 0 aromatic heterocycles. The fraction of sp³-hybridized carbons (Fsp3) is 0.400. The zero-order valence-electron chi connectivity index (χ0n) is 10.6. The lowest BCUT2D eigenvalue weighted by molar-refractivity contribution is 0.0919. The fourth-order valence-corrected chi connectivity index (χ4v) is 2.81. The average molecular weight is 242 g/mol. The summed E-state index contributed by atoms with van der Waals surface area (Å²) in [5.74, 6) is 0.540. The molecule has 2 atom stereocenters. The number of anilines is 1. The number of benzene rings is 1. The molecule has 3 rings (SSSR count). The van der Waals surface area contributed by atoms with Crippen LogP contribution in [0.3, 0.4) is 0 Å². The van der Waals surface area contributed by atoms with Gasteiger partial charge < -0.3 is 10.6 Å². The van der Waals surface area contributed by atoms with Crippen molar-refractivity contribution in [2.45, 2.75) is 32.4 Å². The summed E-state index contributed by atoms with van der Waals surface area (Å²) in [5, 5.41) is 6.59. The Morgan fingerprint density at radius 2 is 2.11 bits per heavy atom. The first-order valence-electron chi connectivity index (χ1n) is 6.58. The maximum atomic E-state index is 12.1. The fourth-order valence-electron chi connectivity index (χ4n) is 2.81. The number of carbonyl (C=O) groups excluding carboxylic acids is 1. The Hall–Kier alpha value is -1.77. The van der Waals surface area contributed by atoms with Gasteiger partial charge in [0.05, 0.1) is 11.3 Å². The molecule has 2 N–H and O–H groups in total. The molecule has 94 valence electrons. The van der Waals surface area contributed by atoms with E-state index in [-0.39, 0.29) is 12.1 Å². The van der Waals surface area contributed by atoms with E-state index >= 15 is 0 Å². The number of hydrogen-bond acceptors (Lipinski definition) is 2. The van der Waals surface area contributed by atoms with E-state index in [1.807, 2.05) is 25.1 Å². The van der Waals surface area contributed by atoms with Crippen molar-refractivity contribution in [3.05, 3.63) is 41.5 Å². The summed E-state index contributed by atoms with van der Waals surface area (Å²) in [5.41, 5.74) is 2.90. The van der Waals surface area contributed by atoms with Gasteiger partial charge in [0.15, 0.2) is 0 Å². The topological polar surface area (TPSA) is 41.1 Å². The standard InChI is InChI=1S/C15H18N2O/c1-10-6-5-9-12-13(10)16-14(17-15(12)18)11-7-3-2-4-8-11/h2-3,5-6,9,11,14,16H,4,7-8H2,1H3,(H,17,18). The van der Waals surface area contributed by atoms with Gasteiger partial charge in [-0.15, -0.1) is 0 Å². The minimum Gasteiger partial charge on any atom is -0.364 e. The Morgan fingerprint density at radius 3 is 2.89 bits per heavy atom. The molecular formula is C15H18N2O. The molecule has 1 heterocycles. The van der Waals surface area contributed by atoms with Gasteiger partial charge in [0.1, 0.15) is 6.17 Å². The van der Waals surface area contributed by atoms with Crippen molar-refractivity contribution >= 4 is 11.6 Å². The smallest absolute Gasteiger partial charge is 0.254 e. The van der Waals surface area contributed by atoms with Crippen LogP contribution in [0.15, 0.2) is 30.4 Å². The highest BCUT2D eigenvalue weighted by Gasteiger charge is 2.29. The molecule has 0 fully saturated rings. The van der Waals surface area contributed by atoms with Crippen LogP contribution in [-0.4, -0.2) is 12.1 Å². The van der Waals surface area contributed by atoms with Crippen molar-refractivity contribution in [1.82, 2.24) is 5.32 Å². The number of rotatable bonds is 1. The maximum Gasteiger partial charge on any atom is 0.254 e. The van der Waals surface area contributed by atoms with E-state index < -0.39 is 0 Å². The predicted octanol–water partition coefficient (Wildman–Crippen LogP) is 2.83. The first-order chi connectivity index (χ1) is 8.75. The van der Waals surface area contributed by atoms with Crippen LogP contribution in [0.25, 0.3) is 0 Å². The average Bonchev–Trinajstić information content (AvgIpc) is 2.41. The highest BCUT2D eigenvalue weighted by atomic mass is 16.2. The van der Waals surface area contributed by atoms with E-state index in [0.717, 1.165) is 36.1 Å². The van der Waals surface area contributed by atoms with Gasteiger partial charge in [-0.2, -0.15) is 0 Å². The van der Waals surface area contributed by atoms with E-state index in [4.69, 9.17) is 0 Å². The van der Waals surface area contributed by atoms with Gasteiger partial charge in [-0.25, -0.2) is 0 Å². The van der Waals surface area contributed by atoms with Gasteiger partial charge in [-0.1, -0.05) is 24.3 Å². The number of allylic oxidation sites excluding steroid dienone is 2. The van der Waals surface area contributed by atoms with E-state index in [2.05, 4.69) is 22.8 Å². The zero-order chi connectivity index (χ0) is 12.5. The molecule has 0 bridgehead atoms. The normalized spacial score (nSPS) is 26.2. The first kappa shape index (κ1) is 11.3. The molecule has 1 amide bonds. The summed E-state index contributed by atoms with van der Waals surface area (Å²) in [6.07, 6.45) is 7.79. The highest BCUT2D eigenvalue weighted by Crippen LogP contribution is 2.29. The largest absolute Gasteiger partial charge is 0.364 e. The van der Waals surface area contributed by atoms with E-state index in [1.165, 1.54) is 0 Å². The number of para-hydroxylation sites is 1. The van der Waals surface area contributed by atoms with Gasteiger partial charge in [-0.3, -0.25) is 4.79 Å². The summed E-state index contributed by atoms with van der Waals surface area (Å²) in [6.45, 7) is 2.04. The van der Waals surface area contributed by atoms with Gasteiger partial charge >= 0.3 is 0 Å². The predicted molar refractivity (Wildman–Crippen MR) is 72.5 cm³/mol. The van der Waals surface area contributed by atoms with Crippen LogP contribution in [-0.2, 0) is 0 Å². The SMILES string of the molecule is Cc1cccc2c1NC(C1CC=CCC1)NC2=O. The van der Waals surface area contributed by atoms with Crippen LogP contribution in [0.2, 0.25) is 0 Å². The second kappa shape index (κ2) is 4.48. The minimum absolute atomic E-state index is 0.0482. The molecule has 2 unspecified atom stereocenters. The summed E-state index contributed by atoms with van der Waals surface area (Å²) in [7, 11) is 0. The Kier molecular flexibility index (Phi) is 2.82. The summed E-state index contributed by atoms with van der Waals surface area (Å²) >= 11 is 0. The third-order valence-electron chi connectivity index (χ3n) is 3.88. The third-order valence-corrected chi connectivity index (χ3v) is 3.88. The van der Waals surface area contributed by atoms with Crippen molar-refractivity contribution in [1.29, 1.82) is 0 Å². The molecule has 0 radical (unpaired) electrons. The molecule has 0 saturated heterocycles. The van der Waals surface area contributed by atoms with Gasteiger partial charge in [-0.05, 0) is 37.8 Å². The molecule has 1 aromatic rings. The zero-order valence-corrected chi connectivity index (χ0v) is 10.6. The monoisotopic (exact) mass is 242 g/mol. The van der Waals surface area contributed by atoms with E-state index in [9.17, 15) is 4.79 Å². The number of nitrogens with one attached hydrogen (secondary N) is 2. The molecule has 0 spiro atoms. The van der Waals surface area contributed by atoms with Crippen molar-refractivity contribution in [2.24, 2.45) is 5.92 Å². The molecule has 0 saturated carbocycles. The lowest BCUT2D eigenvalue weighted by Gasteiger charge is -2.35. The summed E-state index contributed by atoms with van der Waals surface area (Å²) in [6, 6.07) is 5.85. The van der Waals surface area contributed by atoms with Crippen LogP contribution >= 0.6 is 0 Å². The molecule has 3 nitrogen and oxygen atoms in total. The lowest BCUT2D eigenvalue weighted by atomic mass is 9.89. The summed E-state index contributed by atoms with van der Waals surface area (Å²) in [4.78, 5) is 12.1. The lowest BCUT2D eigenvalue weighted by Crippen LogP contribution is -2.49. The Labute approximate surface area is 107 Å². The quantitative estimate of drug-likeness (QED) is 0.743. The molecular weight excluding hydrogens is 224 g/mol. The van der Waals surface area contributed by atoms with Crippen molar-refractivity contribution in [3.8, 4) is 0 Å². The Morgan fingerprint density at radius 1 is 1.22 bits per heavy atom. The van der Waals surface area contributed by atoms with Crippen LogP contribution in [0.1, 0.15) is 35.2 Å². The first-order valence-corrected chi connectivity index (χ1v) is 6.58. The van der Waals surface area contributed by atoms with Gasteiger partial charge in [0.25, 0.3) is 5.91 Å².